The Balaban J connectivity index is 2.56. The second-order valence-electron chi connectivity index (χ2n) is 4.73. The molecule has 4 heteroatoms. The van der Waals surface area contributed by atoms with E-state index in [-0.39, 0.29) is 11.5 Å². The first kappa shape index (κ1) is 16.8. The average Bonchev–Trinajstić information content (AvgIpc) is 2.53. The lowest BCUT2D eigenvalue weighted by Crippen LogP contribution is -2.19. The van der Waals surface area contributed by atoms with Crippen molar-refractivity contribution in [3.8, 4) is 11.8 Å². The van der Waals surface area contributed by atoms with E-state index in [0.717, 1.165) is 24.3 Å². The Kier molecular flexibility index (Phi) is 7.67. The quantitative estimate of drug-likeness (QED) is 0.453. The summed E-state index contributed by atoms with van der Waals surface area (Å²) in [5.41, 5.74) is 0.888. The molecule has 0 aliphatic carbocycles. The highest BCUT2D eigenvalue weighted by Crippen LogP contribution is 2.15. The van der Waals surface area contributed by atoms with Crippen LogP contribution >= 0.6 is 0 Å². The molecule has 0 radical (unpaired) electrons. The fourth-order valence-electron chi connectivity index (χ4n) is 1.83. The minimum atomic E-state index is -0.381. The van der Waals surface area contributed by atoms with Crippen molar-refractivity contribution in [2.45, 2.75) is 32.6 Å². The predicted octanol–water partition coefficient (Wildman–Crippen LogP) is 3.30. The summed E-state index contributed by atoms with van der Waals surface area (Å²) in [4.78, 5) is 11.4. The first-order chi connectivity index (χ1) is 10.2. The van der Waals surface area contributed by atoms with E-state index in [2.05, 4.69) is 12.2 Å². The molecule has 0 aliphatic rings. The number of carbonyl (C=O) groups excluding carboxylic acids is 1. The molecule has 0 fully saturated rings. The molecule has 1 amide bonds. The van der Waals surface area contributed by atoms with Crippen LogP contribution in [-0.4, -0.2) is 19.6 Å². The lowest BCUT2D eigenvalue weighted by molar-refractivity contribution is -0.116. The van der Waals surface area contributed by atoms with Crippen molar-refractivity contribution in [2.75, 3.05) is 13.7 Å². The number of amides is 1. The van der Waals surface area contributed by atoms with Crippen LogP contribution in [0.3, 0.4) is 0 Å². The van der Waals surface area contributed by atoms with Gasteiger partial charge in [-0.1, -0.05) is 38.3 Å². The van der Waals surface area contributed by atoms with Crippen molar-refractivity contribution in [1.82, 2.24) is 5.32 Å². The summed E-state index contributed by atoms with van der Waals surface area (Å²) in [6.45, 7) is 2.90. The van der Waals surface area contributed by atoms with Gasteiger partial charge in [-0.15, -0.1) is 0 Å². The average molecular weight is 286 g/mol. The molecule has 21 heavy (non-hydrogen) atoms. The number of ether oxygens (including phenoxy) is 1. The lowest BCUT2D eigenvalue weighted by Gasteiger charge is -2.06. The van der Waals surface area contributed by atoms with Gasteiger partial charge in [0.2, 0.25) is 0 Å². The number of hydrogen-bond acceptors (Lipinski definition) is 3. The van der Waals surface area contributed by atoms with E-state index >= 15 is 0 Å². The molecule has 0 aliphatic heterocycles. The Labute approximate surface area is 126 Å². The maximum Gasteiger partial charge on any atom is 0.261 e. The van der Waals surface area contributed by atoms with Crippen molar-refractivity contribution >= 4 is 12.0 Å². The largest absolute Gasteiger partial charge is 0.494 e. The van der Waals surface area contributed by atoms with Gasteiger partial charge < -0.3 is 10.1 Å². The monoisotopic (exact) mass is 286 g/mol. The molecule has 1 N–H and O–H groups in total. The molecule has 1 aromatic rings. The molecule has 4 nitrogen and oxygen atoms in total. The summed E-state index contributed by atoms with van der Waals surface area (Å²) in [5.74, 6) is 0.427. The summed E-state index contributed by atoms with van der Waals surface area (Å²) in [5, 5.41) is 11.4. The number of carbonyl (C=O) groups is 1. The number of hydrogen-bond donors (Lipinski definition) is 1. The van der Waals surface area contributed by atoms with Crippen molar-refractivity contribution in [1.29, 1.82) is 5.26 Å². The summed E-state index contributed by atoms with van der Waals surface area (Å²) >= 11 is 0. The first-order valence-corrected chi connectivity index (χ1v) is 7.28. The third-order valence-electron chi connectivity index (χ3n) is 3.05. The van der Waals surface area contributed by atoms with Gasteiger partial charge in [-0.3, -0.25) is 4.79 Å². The van der Waals surface area contributed by atoms with Crippen LogP contribution in [0.1, 0.15) is 38.2 Å². The normalized spacial score (nSPS) is 10.8. The molecule has 0 saturated carbocycles. The van der Waals surface area contributed by atoms with Crippen molar-refractivity contribution in [3.05, 3.63) is 35.4 Å². The van der Waals surface area contributed by atoms with Crippen LogP contribution in [0.25, 0.3) is 6.08 Å². The number of nitrogens with zero attached hydrogens (tertiary/aromatic N) is 1. The zero-order valence-electron chi connectivity index (χ0n) is 12.7. The number of rotatable bonds is 8. The summed E-state index contributed by atoms with van der Waals surface area (Å²) in [7, 11) is 1.50. The molecule has 0 saturated heterocycles. The Morgan fingerprint density at radius 3 is 2.57 bits per heavy atom. The zero-order chi connectivity index (χ0) is 15.5. The maximum atomic E-state index is 11.4. The number of nitrogens with one attached hydrogen (secondary N) is 1. The number of likely N-dealkylation sites (N-methyl/N-ethyl adjacent to an activating group) is 1. The van der Waals surface area contributed by atoms with Crippen molar-refractivity contribution < 1.29 is 9.53 Å². The SMILES string of the molecule is CCCCCCOc1ccc(/C=C(/C#N)C(=O)NC)cc1. The van der Waals surface area contributed by atoms with Gasteiger partial charge >= 0.3 is 0 Å². The Morgan fingerprint density at radius 2 is 2.00 bits per heavy atom. The van der Waals surface area contributed by atoms with Crippen molar-refractivity contribution in [3.63, 3.8) is 0 Å². The Bertz CT molecular complexity index is 513. The van der Waals surface area contributed by atoms with Crippen LogP contribution in [0.15, 0.2) is 29.8 Å². The highest BCUT2D eigenvalue weighted by Gasteiger charge is 2.05. The maximum absolute atomic E-state index is 11.4. The van der Waals surface area contributed by atoms with Crippen molar-refractivity contribution in [2.24, 2.45) is 0 Å². The zero-order valence-corrected chi connectivity index (χ0v) is 12.7. The van der Waals surface area contributed by atoms with E-state index in [4.69, 9.17) is 10.00 Å². The summed E-state index contributed by atoms with van der Waals surface area (Å²) < 4.78 is 5.64. The predicted molar refractivity (Wildman–Crippen MR) is 83.7 cm³/mol. The lowest BCUT2D eigenvalue weighted by atomic mass is 10.1. The van der Waals surface area contributed by atoms with Crippen LogP contribution in [0.2, 0.25) is 0 Å². The summed E-state index contributed by atoms with van der Waals surface area (Å²) in [6.07, 6.45) is 6.26. The Hall–Kier alpha value is -2.28. The minimum Gasteiger partial charge on any atom is -0.494 e. The minimum absolute atomic E-state index is 0.0886. The molecular weight excluding hydrogens is 264 g/mol. The molecule has 1 rings (SSSR count). The van der Waals surface area contributed by atoms with Crippen LogP contribution in [0, 0.1) is 11.3 Å². The van der Waals surface area contributed by atoms with Gasteiger partial charge in [-0.05, 0) is 30.2 Å². The van der Waals surface area contributed by atoms with E-state index in [1.165, 1.54) is 26.3 Å². The van der Waals surface area contributed by atoms with Gasteiger partial charge in [0.05, 0.1) is 6.61 Å². The standard InChI is InChI=1S/C17H22N2O2/c1-3-4-5-6-11-21-16-9-7-14(8-10-16)12-15(13-18)17(20)19-2/h7-10,12H,3-6,11H2,1-2H3,(H,19,20)/b15-12-. The second kappa shape index (κ2) is 9.60. The molecule has 0 unspecified atom stereocenters. The van der Waals surface area contributed by atoms with Crippen LogP contribution in [-0.2, 0) is 4.79 Å². The van der Waals surface area contributed by atoms with E-state index in [0.29, 0.717) is 0 Å². The fourth-order valence-corrected chi connectivity index (χ4v) is 1.83. The van der Waals surface area contributed by atoms with E-state index in [1.54, 1.807) is 6.08 Å². The van der Waals surface area contributed by atoms with Crippen LogP contribution in [0.4, 0.5) is 0 Å². The Morgan fingerprint density at radius 1 is 1.29 bits per heavy atom. The molecule has 0 aromatic heterocycles. The van der Waals surface area contributed by atoms with E-state index < -0.39 is 0 Å². The molecular formula is C17H22N2O2. The smallest absolute Gasteiger partial charge is 0.261 e. The van der Waals surface area contributed by atoms with Gasteiger partial charge in [-0.2, -0.15) is 5.26 Å². The number of benzene rings is 1. The molecule has 0 atom stereocenters. The van der Waals surface area contributed by atoms with Gasteiger partial charge in [-0.25, -0.2) is 0 Å². The first-order valence-electron chi connectivity index (χ1n) is 7.28. The molecule has 1 aromatic carbocycles. The van der Waals surface area contributed by atoms with Crippen LogP contribution < -0.4 is 10.1 Å². The summed E-state index contributed by atoms with van der Waals surface area (Å²) in [6, 6.07) is 9.26. The third-order valence-corrected chi connectivity index (χ3v) is 3.05. The van der Waals surface area contributed by atoms with Crippen LogP contribution in [0.5, 0.6) is 5.75 Å². The van der Waals surface area contributed by atoms with Gasteiger partial charge in [0.1, 0.15) is 17.4 Å². The van der Waals surface area contributed by atoms with E-state index in [1.807, 2.05) is 30.3 Å². The number of nitriles is 1. The fraction of sp³-hybridized carbons (Fsp3) is 0.412. The highest BCUT2D eigenvalue weighted by molar-refractivity contribution is 6.01. The highest BCUT2D eigenvalue weighted by atomic mass is 16.5. The molecule has 0 bridgehead atoms. The van der Waals surface area contributed by atoms with Gasteiger partial charge in [0, 0.05) is 7.05 Å². The second-order valence-corrected chi connectivity index (χ2v) is 4.73. The van der Waals surface area contributed by atoms with Gasteiger partial charge in [0.25, 0.3) is 5.91 Å². The van der Waals surface area contributed by atoms with E-state index in [9.17, 15) is 4.79 Å². The topological polar surface area (TPSA) is 62.1 Å². The molecule has 0 spiro atoms. The molecule has 112 valence electrons. The molecule has 0 heterocycles. The number of unbranched alkanes of at least 4 members (excludes halogenated alkanes) is 3. The third kappa shape index (κ3) is 6.13. The van der Waals surface area contributed by atoms with Gasteiger partial charge in [0.15, 0.2) is 0 Å².